The predicted molar refractivity (Wildman–Crippen MR) is 125 cm³/mol. The van der Waals surface area contributed by atoms with Crippen molar-refractivity contribution in [1.82, 2.24) is 4.90 Å². The zero-order valence-electron chi connectivity index (χ0n) is 20.1. The zero-order chi connectivity index (χ0) is 21.9. The first-order valence-corrected chi connectivity index (χ1v) is 14.8. The van der Waals surface area contributed by atoms with Gasteiger partial charge < -0.3 is 14.9 Å². The van der Waals surface area contributed by atoms with Crippen LogP contribution in [0, 0.1) is 5.92 Å². The number of likely N-dealkylation sites (tertiary alicyclic amines) is 1. The highest BCUT2D eigenvalue weighted by atomic mass is 28.4. The van der Waals surface area contributed by atoms with Crippen molar-refractivity contribution in [2.24, 2.45) is 11.7 Å². The second-order valence-corrected chi connectivity index (χ2v) is 15.1. The molecule has 0 radical (unpaired) electrons. The van der Waals surface area contributed by atoms with Crippen molar-refractivity contribution in [2.75, 3.05) is 26.3 Å². The Balaban J connectivity index is 2.69. The molecule has 2 N–H and O–H groups in total. The van der Waals surface area contributed by atoms with Gasteiger partial charge in [-0.05, 0) is 69.2 Å². The maximum absolute atomic E-state index is 11.3. The van der Waals surface area contributed by atoms with E-state index >= 15 is 0 Å². The Kier molecular flexibility index (Phi) is 11.8. The molecule has 0 aliphatic carbocycles. The third-order valence-corrected chi connectivity index (χ3v) is 11.5. The number of unbranched alkanes of at least 4 members (excludes halogenated alkanes) is 3. The van der Waals surface area contributed by atoms with Crippen LogP contribution in [-0.4, -0.2) is 51.7 Å². The van der Waals surface area contributed by atoms with Gasteiger partial charge in [0.05, 0.1) is 0 Å². The van der Waals surface area contributed by atoms with E-state index in [1.807, 2.05) is 0 Å². The topological polar surface area (TPSA) is 64.8 Å². The molecule has 1 saturated heterocycles. The molecule has 29 heavy (non-hydrogen) atoms. The molecule has 5 nitrogen and oxygen atoms in total. The molecule has 1 aliphatic rings. The lowest BCUT2D eigenvalue weighted by molar-refractivity contribution is 0.0686. The summed E-state index contributed by atoms with van der Waals surface area (Å²) in [5.74, 6) is 0.535. The highest BCUT2D eigenvalue weighted by molar-refractivity contribution is 6.74. The van der Waals surface area contributed by atoms with Gasteiger partial charge in [-0.15, -0.1) is 0 Å². The number of carbonyl (C=O) groups excluding carboxylic acids is 1. The van der Waals surface area contributed by atoms with E-state index in [2.05, 4.69) is 45.7 Å². The smallest absolute Gasteiger partial charge is 0.404 e. The van der Waals surface area contributed by atoms with Crippen molar-refractivity contribution in [3.8, 4) is 0 Å². The predicted octanol–water partition coefficient (Wildman–Crippen LogP) is 5.93. The minimum atomic E-state index is -1.69. The SMILES string of the molecule is CCCCCCC(CCCO[Si](C)(C)C(C)(C)C)C(COC(N)=O)N1CCCC1. The molecular weight excluding hydrogens is 380 g/mol. The molecule has 172 valence electrons. The Hall–Kier alpha value is -0.593. The largest absolute Gasteiger partial charge is 0.448 e. The fraction of sp³-hybridized carbons (Fsp3) is 0.957. The quantitative estimate of drug-likeness (QED) is 0.275. The van der Waals surface area contributed by atoms with Gasteiger partial charge in [-0.1, -0.05) is 53.4 Å². The second kappa shape index (κ2) is 13.0. The molecule has 0 aromatic carbocycles. The number of carbonyl (C=O) groups is 1. The first kappa shape index (κ1) is 26.4. The van der Waals surface area contributed by atoms with Crippen molar-refractivity contribution in [1.29, 1.82) is 0 Å². The molecule has 0 aromatic rings. The van der Waals surface area contributed by atoms with E-state index in [0.717, 1.165) is 32.5 Å². The average molecular weight is 429 g/mol. The molecule has 2 unspecified atom stereocenters. The van der Waals surface area contributed by atoms with Crippen LogP contribution in [0.15, 0.2) is 0 Å². The number of amides is 1. The van der Waals surface area contributed by atoms with E-state index in [4.69, 9.17) is 14.9 Å². The van der Waals surface area contributed by atoms with Gasteiger partial charge in [0.25, 0.3) is 0 Å². The summed E-state index contributed by atoms with van der Waals surface area (Å²) in [7, 11) is -1.69. The summed E-state index contributed by atoms with van der Waals surface area (Å²) in [6, 6.07) is 0.291. The maximum atomic E-state index is 11.3. The molecule has 1 heterocycles. The summed E-state index contributed by atoms with van der Waals surface area (Å²) in [6.45, 7) is 17.3. The van der Waals surface area contributed by atoms with Crippen LogP contribution in [-0.2, 0) is 9.16 Å². The van der Waals surface area contributed by atoms with Gasteiger partial charge >= 0.3 is 6.09 Å². The van der Waals surface area contributed by atoms with Crippen molar-refractivity contribution < 1.29 is 14.0 Å². The Morgan fingerprint density at radius 2 is 1.69 bits per heavy atom. The number of rotatable bonds is 14. The minimum absolute atomic E-state index is 0.250. The fourth-order valence-corrected chi connectivity index (χ4v) is 5.12. The van der Waals surface area contributed by atoms with E-state index in [1.54, 1.807) is 0 Å². The lowest BCUT2D eigenvalue weighted by atomic mass is 9.88. The highest BCUT2D eigenvalue weighted by Gasteiger charge is 2.37. The van der Waals surface area contributed by atoms with Crippen LogP contribution in [0.2, 0.25) is 18.1 Å². The lowest BCUT2D eigenvalue weighted by Crippen LogP contribution is -2.44. The van der Waals surface area contributed by atoms with Gasteiger partial charge in [-0.3, -0.25) is 4.90 Å². The van der Waals surface area contributed by atoms with E-state index in [0.29, 0.717) is 18.6 Å². The monoisotopic (exact) mass is 428 g/mol. The normalized spacial score (nSPS) is 18.0. The van der Waals surface area contributed by atoms with Crippen LogP contribution in [0.3, 0.4) is 0 Å². The summed E-state index contributed by atoms with van der Waals surface area (Å²) in [5, 5.41) is 0.250. The van der Waals surface area contributed by atoms with Gasteiger partial charge in [0, 0.05) is 12.6 Å². The molecule has 1 aliphatic heterocycles. The van der Waals surface area contributed by atoms with Gasteiger partial charge in [-0.25, -0.2) is 4.79 Å². The van der Waals surface area contributed by atoms with Gasteiger partial charge in [0.1, 0.15) is 6.61 Å². The number of primary amides is 1. The molecule has 6 heteroatoms. The van der Waals surface area contributed by atoms with Crippen LogP contribution in [0.25, 0.3) is 0 Å². The second-order valence-electron chi connectivity index (χ2n) is 10.3. The molecule has 1 rings (SSSR count). The molecule has 0 spiro atoms. The first-order valence-electron chi connectivity index (χ1n) is 11.9. The fourth-order valence-electron chi connectivity index (χ4n) is 4.03. The molecule has 0 aromatic heterocycles. The summed E-state index contributed by atoms with van der Waals surface area (Å²) in [5.41, 5.74) is 5.29. The highest BCUT2D eigenvalue weighted by Crippen LogP contribution is 2.37. The number of hydrogen-bond acceptors (Lipinski definition) is 4. The Morgan fingerprint density at radius 1 is 1.07 bits per heavy atom. The molecular formula is C23H48N2O3Si. The van der Waals surface area contributed by atoms with Crippen molar-refractivity contribution >= 4 is 14.4 Å². The average Bonchev–Trinajstić information content (AvgIpc) is 3.14. The first-order chi connectivity index (χ1) is 13.6. The Morgan fingerprint density at radius 3 is 2.24 bits per heavy atom. The maximum Gasteiger partial charge on any atom is 0.404 e. The van der Waals surface area contributed by atoms with Crippen molar-refractivity contribution in [2.45, 2.75) is 110 Å². The molecule has 2 atom stereocenters. The van der Waals surface area contributed by atoms with Crippen LogP contribution in [0.1, 0.15) is 85.5 Å². The summed E-state index contributed by atoms with van der Waals surface area (Å²) < 4.78 is 11.7. The van der Waals surface area contributed by atoms with E-state index in [1.165, 1.54) is 44.9 Å². The van der Waals surface area contributed by atoms with Crippen molar-refractivity contribution in [3.05, 3.63) is 0 Å². The van der Waals surface area contributed by atoms with Crippen molar-refractivity contribution in [3.63, 3.8) is 0 Å². The van der Waals surface area contributed by atoms with Crippen LogP contribution in [0.5, 0.6) is 0 Å². The van der Waals surface area contributed by atoms with E-state index in [-0.39, 0.29) is 5.04 Å². The minimum Gasteiger partial charge on any atom is -0.448 e. The van der Waals surface area contributed by atoms with Crippen LogP contribution < -0.4 is 5.73 Å². The summed E-state index contributed by atoms with van der Waals surface area (Å²) >= 11 is 0. The Bertz CT molecular complexity index is 460. The summed E-state index contributed by atoms with van der Waals surface area (Å²) in [6.07, 6.45) is 10.3. The van der Waals surface area contributed by atoms with Gasteiger partial charge in [0.2, 0.25) is 0 Å². The Labute approximate surface area is 181 Å². The number of ether oxygens (including phenoxy) is 1. The zero-order valence-corrected chi connectivity index (χ0v) is 21.1. The van der Waals surface area contributed by atoms with E-state index in [9.17, 15) is 4.79 Å². The molecule has 0 saturated carbocycles. The molecule has 1 fully saturated rings. The standard InChI is InChI=1S/C23H48N2O3Si/c1-7-8-9-10-14-20(15-13-18-28-29(5,6)23(2,3)4)21(19-27-22(24)26)25-16-11-12-17-25/h20-21H,7-19H2,1-6H3,(H2,24,26). The van der Waals surface area contributed by atoms with Crippen LogP contribution >= 0.6 is 0 Å². The number of nitrogens with zero attached hydrogens (tertiary/aromatic N) is 1. The van der Waals surface area contributed by atoms with Gasteiger partial charge in [-0.2, -0.15) is 0 Å². The molecule has 1 amide bonds. The number of nitrogens with two attached hydrogens (primary N) is 1. The third kappa shape index (κ3) is 9.84. The van der Waals surface area contributed by atoms with E-state index < -0.39 is 14.4 Å². The lowest BCUT2D eigenvalue weighted by Gasteiger charge is -2.37. The number of hydrogen-bond donors (Lipinski definition) is 1. The summed E-state index contributed by atoms with van der Waals surface area (Å²) in [4.78, 5) is 13.8. The van der Waals surface area contributed by atoms with Crippen LogP contribution in [0.4, 0.5) is 4.79 Å². The van der Waals surface area contributed by atoms with Gasteiger partial charge in [0.15, 0.2) is 8.32 Å². The third-order valence-electron chi connectivity index (χ3n) is 6.97. The molecule has 0 bridgehead atoms.